The van der Waals surface area contributed by atoms with E-state index in [4.69, 9.17) is 4.74 Å². The lowest BCUT2D eigenvalue weighted by atomic mass is 9.41. The summed E-state index contributed by atoms with van der Waals surface area (Å²) in [5.74, 6) is 5.14. The van der Waals surface area contributed by atoms with Crippen LogP contribution < -0.4 is 9.64 Å². The molecule has 50 heavy (non-hydrogen) atoms. The molecular formula is C48H49NO. The van der Waals surface area contributed by atoms with Crippen molar-refractivity contribution in [3.63, 3.8) is 0 Å². The summed E-state index contributed by atoms with van der Waals surface area (Å²) in [6.07, 6.45) is 9.15. The summed E-state index contributed by atoms with van der Waals surface area (Å²) in [6.45, 7) is 9.84. The van der Waals surface area contributed by atoms with Crippen molar-refractivity contribution in [2.45, 2.75) is 88.9 Å². The molecule has 2 heteroatoms. The lowest BCUT2D eigenvalue weighted by Gasteiger charge is -2.63. The van der Waals surface area contributed by atoms with Crippen molar-refractivity contribution in [1.82, 2.24) is 0 Å². The van der Waals surface area contributed by atoms with Crippen molar-refractivity contribution in [1.29, 1.82) is 0 Å². The summed E-state index contributed by atoms with van der Waals surface area (Å²) in [5.41, 5.74) is 12.3. The van der Waals surface area contributed by atoms with Crippen LogP contribution in [0.5, 0.6) is 11.5 Å². The Bertz CT molecular complexity index is 2080. The van der Waals surface area contributed by atoms with Gasteiger partial charge in [-0.05, 0) is 138 Å². The van der Waals surface area contributed by atoms with Crippen molar-refractivity contribution < 1.29 is 4.74 Å². The van der Waals surface area contributed by atoms with Crippen molar-refractivity contribution >= 4 is 17.1 Å². The molecule has 0 N–H and O–H groups in total. The Labute approximate surface area is 298 Å². The van der Waals surface area contributed by atoms with E-state index in [1.54, 1.807) is 0 Å². The molecule has 0 radical (unpaired) electrons. The highest BCUT2D eigenvalue weighted by Gasteiger charge is 2.62. The molecule has 4 bridgehead atoms. The fourth-order valence-corrected chi connectivity index (χ4v) is 11.9. The minimum absolute atomic E-state index is 0.0436. The van der Waals surface area contributed by atoms with E-state index in [0.29, 0.717) is 11.8 Å². The Morgan fingerprint density at radius 2 is 1.06 bits per heavy atom. The van der Waals surface area contributed by atoms with Gasteiger partial charge >= 0.3 is 0 Å². The van der Waals surface area contributed by atoms with Crippen LogP contribution in [0.25, 0.3) is 11.1 Å². The SMILES string of the molecule is CC1(C)CCC(C)(C)c2c(N(c3ccc(-c4ccccc4)cc3)c3cccc4c3C3(c5ccccc5O4)C4CC5CC(C4)CC3C5)cccc21. The summed E-state index contributed by atoms with van der Waals surface area (Å²) in [5, 5.41) is 0. The molecule has 0 amide bonds. The van der Waals surface area contributed by atoms with Gasteiger partial charge in [-0.15, -0.1) is 0 Å². The number of rotatable bonds is 4. The third-order valence-electron chi connectivity index (χ3n) is 13.9. The molecule has 6 aliphatic rings. The topological polar surface area (TPSA) is 12.5 Å². The van der Waals surface area contributed by atoms with Gasteiger partial charge in [0.1, 0.15) is 11.5 Å². The van der Waals surface area contributed by atoms with Gasteiger partial charge < -0.3 is 9.64 Å². The van der Waals surface area contributed by atoms with E-state index in [0.717, 1.165) is 23.3 Å². The number of hydrogen-bond acceptors (Lipinski definition) is 2. The van der Waals surface area contributed by atoms with Crippen LogP contribution in [-0.2, 0) is 16.2 Å². The third-order valence-corrected chi connectivity index (χ3v) is 13.9. The maximum atomic E-state index is 7.01. The number of hydrogen-bond donors (Lipinski definition) is 0. The summed E-state index contributed by atoms with van der Waals surface area (Å²) < 4.78 is 7.01. The summed E-state index contributed by atoms with van der Waals surface area (Å²) in [6, 6.07) is 43.3. The number of nitrogens with zero attached hydrogens (tertiary/aromatic N) is 1. The fraction of sp³-hybridized carbons (Fsp3) is 0.375. The second-order valence-electron chi connectivity index (χ2n) is 17.6. The maximum Gasteiger partial charge on any atom is 0.133 e. The molecule has 0 atom stereocenters. The first-order valence-corrected chi connectivity index (χ1v) is 19.2. The highest BCUT2D eigenvalue weighted by molar-refractivity contribution is 5.86. The summed E-state index contributed by atoms with van der Waals surface area (Å²) in [4.78, 5) is 2.65. The van der Waals surface area contributed by atoms with E-state index >= 15 is 0 Å². The maximum absolute atomic E-state index is 7.01. The van der Waals surface area contributed by atoms with Gasteiger partial charge in [-0.1, -0.05) is 107 Å². The minimum atomic E-state index is -0.0555. The van der Waals surface area contributed by atoms with Crippen LogP contribution in [0.2, 0.25) is 0 Å². The van der Waals surface area contributed by atoms with Gasteiger partial charge in [-0.2, -0.15) is 0 Å². The number of para-hydroxylation sites is 1. The average molecular weight is 656 g/mol. The van der Waals surface area contributed by atoms with Gasteiger partial charge in [0.25, 0.3) is 0 Å². The van der Waals surface area contributed by atoms with E-state index in [-0.39, 0.29) is 16.2 Å². The standard InChI is InChI=1S/C48H49NO/c1-46(2)24-25-47(3,4)44-39(46)15-10-16-40(44)49(37-22-20-34(21-23-37)33-12-6-5-7-13-33)41-17-11-19-43-45(41)48(38-14-8-9-18-42(38)50-43)35-27-31-26-32(29-35)30-36(48)28-31/h5-23,31-32,35-36H,24-30H2,1-4H3. The normalized spacial score (nSPS) is 27.6. The summed E-state index contributed by atoms with van der Waals surface area (Å²) >= 11 is 0. The second kappa shape index (κ2) is 10.8. The molecule has 1 heterocycles. The number of fused-ring (bicyclic) bond motifs is 3. The van der Waals surface area contributed by atoms with Crippen LogP contribution in [0.15, 0.2) is 115 Å². The number of benzene rings is 5. The number of anilines is 3. The van der Waals surface area contributed by atoms with E-state index in [9.17, 15) is 0 Å². The minimum Gasteiger partial charge on any atom is -0.457 e. The molecular weight excluding hydrogens is 607 g/mol. The predicted octanol–water partition coefficient (Wildman–Crippen LogP) is 13.0. The Morgan fingerprint density at radius 1 is 0.500 bits per heavy atom. The van der Waals surface area contributed by atoms with Crippen LogP contribution in [-0.4, -0.2) is 0 Å². The summed E-state index contributed by atoms with van der Waals surface area (Å²) in [7, 11) is 0. The van der Waals surface area contributed by atoms with Crippen molar-refractivity contribution in [3.05, 3.63) is 138 Å². The zero-order valence-electron chi connectivity index (χ0n) is 30.1. The molecule has 252 valence electrons. The van der Waals surface area contributed by atoms with Crippen LogP contribution in [0.3, 0.4) is 0 Å². The highest BCUT2D eigenvalue weighted by Crippen LogP contribution is 2.70. The lowest BCUT2D eigenvalue weighted by molar-refractivity contribution is -0.0449. The molecule has 5 aromatic carbocycles. The van der Waals surface area contributed by atoms with Crippen molar-refractivity contribution in [2.24, 2.45) is 23.7 Å². The Morgan fingerprint density at radius 3 is 1.78 bits per heavy atom. The quantitative estimate of drug-likeness (QED) is 0.191. The molecule has 2 nitrogen and oxygen atoms in total. The zero-order valence-corrected chi connectivity index (χ0v) is 30.1. The molecule has 1 aliphatic heterocycles. The molecule has 0 aromatic heterocycles. The first kappa shape index (κ1) is 30.5. The molecule has 5 aliphatic carbocycles. The second-order valence-corrected chi connectivity index (χ2v) is 17.6. The van der Waals surface area contributed by atoms with Crippen molar-refractivity contribution in [3.8, 4) is 22.6 Å². The van der Waals surface area contributed by atoms with E-state index in [1.807, 2.05) is 0 Å². The monoisotopic (exact) mass is 655 g/mol. The van der Waals surface area contributed by atoms with Crippen LogP contribution >= 0.6 is 0 Å². The van der Waals surface area contributed by atoms with Gasteiger partial charge in [0.2, 0.25) is 0 Å². The van der Waals surface area contributed by atoms with Crippen LogP contribution in [0.1, 0.15) is 94.9 Å². The van der Waals surface area contributed by atoms with E-state index in [1.165, 1.54) is 95.4 Å². The number of ether oxygens (including phenoxy) is 1. The largest absolute Gasteiger partial charge is 0.457 e. The average Bonchev–Trinajstić information content (AvgIpc) is 3.12. The smallest absolute Gasteiger partial charge is 0.133 e. The van der Waals surface area contributed by atoms with Gasteiger partial charge in [0, 0.05) is 22.2 Å². The molecule has 1 spiro atoms. The first-order valence-electron chi connectivity index (χ1n) is 19.2. The van der Waals surface area contributed by atoms with Crippen LogP contribution in [0, 0.1) is 23.7 Å². The fourth-order valence-electron chi connectivity index (χ4n) is 11.9. The van der Waals surface area contributed by atoms with Gasteiger partial charge in [0.15, 0.2) is 0 Å². The van der Waals surface area contributed by atoms with Crippen molar-refractivity contribution in [2.75, 3.05) is 4.90 Å². The molecule has 5 aromatic rings. The Balaban J connectivity index is 1.26. The lowest BCUT2D eigenvalue weighted by Crippen LogP contribution is -2.57. The predicted molar refractivity (Wildman–Crippen MR) is 206 cm³/mol. The van der Waals surface area contributed by atoms with Gasteiger partial charge in [-0.25, -0.2) is 0 Å². The third kappa shape index (κ3) is 4.33. The Hall–Kier alpha value is -4.30. The van der Waals surface area contributed by atoms with Crippen LogP contribution in [0.4, 0.5) is 17.1 Å². The molecule has 0 unspecified atom stereocenters. The van der Waals surface area contributed by atoms with Gasteiger partial charge in [0.05, 0.1) is 11.4 Å². The van der Waals surface area contributed by atoms with E-state index < -0.39 is 0 Å². The van der Waals surface area contributed by atoms with Gasteiger partial charge in [-0.3, -0.25) is 0 Å². The Kier molecular flexibility index (Phi) is 6.62. The molecule has 4 fully saturated rings. The first-order chi connectivity index (χ1) is 24.2. The molecule has 4 saturated carbocycles. The molecule has 0 saturated heterocycles. The highest BCUT2D eigenvalue weighted by atomic mass is 16.5. The van der Waals surface area contributed by atoms with E-state index in [2.05, 4.69) is 148 Å². The molecule has 11 rings (SSSR count). The zero-order chi connectivity index (χ0) is 33.8.